The van der Waals surface area contributed by atoms with Crippen molar-refractivity contribution in [2.24, 2.45) is 0 Å². The molecule has 0 fully saturated rings. The number of allylic oxidation sites excluding steroid dienone is 3. The molecule has 0 saturated carbocycles. The van der Waals surface area contributed by atoms with Gasteiger partial charge in [0.2, 0.25) is 0 Å². The van der Waals surface area contributed by atoms with Crippen molar-refractivity contribution in [3.05, 3.63) is 51.1 Å². The van der Waals surface area contributed by atoms with E-state index in [1.807, 2.05) is 6.92 Å². The van der Waals surface area contributed by atoms with Crippen molar-refractivity contribution in [3.63, 3.8) is 0 Å². The van der Waals surface area contributed by atoms with E-state index in [0.717, 1.165) is 0 Å². The van der Waals surface area contributed by atoms with Crippen LogP contribution < -0.4 is 13.3 Å². The van der Waals surface area contributed by atoms with Gasteiger partial charge in [0.05, 0.1) is 0 Å². The molecule has 99 valence electrons. The van der Waals surface area contributed by atoms with Gasteiger partial charge in [-0.3, -0.25) is 6.58 Å². The maximum atomic E-state index is 4.25. The van der Waals surface area contributed by atoms with E-state index < -0.39 is 0 Å². The van der Waals surface area contributed by atoms with Crippen LogP contribution in [0.3, 0.4) is 0 Å². The number of hydrogen-bond donors (Lipinski definition) is 0. The Morgan fingerprint density at radius 1 is 1.00 bits per heavy atom. The molecule has 0 aromatic carbocycles. The van der Waals surface area contributed by atoms with Gasteiger partial charge in [-0.1, -0.05) is 31.4 Å². The maximum absolute atomic E-state index is 4.25. The third kappa shape index (κ3) is 189. The SMILES string of the molecule is C=CC.C=CC=C.I.II.I[I-]I.[CH-]=C.[Y]. The Hall–Kier alpha value is 4.44. The summed E-state index contributed by atoms with van der Waals surface area (Å²) in [4.78, 5) is 0. The molecular weight excluding hydrogens is 958 g/mol. The van der Waals surface area contributed by atoms with Crippen LogP contribution in [-0.4, -0.2) is 0 Å². The zero-order valence-electron chi connectivity index (χ0n) is 9.01. The molecule has 0 aliphatic heterocycles. The molecule has 0 saturated heterocycles. The van der Waals surface area contributed by atoms with E-state index in [9.17, 15) is 0 Å². The normalized spacial score (nSPS) is 4.06. The first kappa shape index (κ1) is 42.8. The molecule has 0 bridgehead atoms. The van der Waals surface area contributed by atoms with Gasteiger partial charge < -0.3 is 6.58 Å². The van der Waals surface area contributed by atoms with E-state index in [0.29, 0.717) is 13.3 Å². The molecule has 0 aliphatic rings. The number of rotatable bonds is 1. The Morgan fingerprint density at radius 3 is 1.06 bits per heavy atom. The van der Waals surface area contributed by atoms with E-state index >= 15 is 0 Å². The first-order valence-corrected chi connectivity index (χ1v) is 21.8. The molecule has 0 aromatic rings. The Balaban J connectivity index is -0.0000000126. The predicted molar refractivity (Wildman–Crippen MR) is 118 cm³/mol. The molecule has 0 amide bonds. The van der Waals surface area contributed by atoms with E-state index in [4.69, 9.17) is 0 Å². The molecular formula is C9H16I6Y-2. The van der Waals surface area contributed by atoms with Crippen LogP contribution >= 0.6 is 98.4 Å². The van der Waals surface area contributed by atoms with Crippen molar-refractivity contribution in [1.29, 1.82) is 0 Å². The fourth-order valence-electron chi connectivity index (χ4n) is 0. The van der Waals surface area contributed by atoms with E-state index in [1.165, 1.54) is 0 Å². The molecule has 0 heterocycles. The zero-order chi connectivity index (χ0) is 12.8. The minimum absolute atomic E-state index is 0. The molecule has 16 heavy (non-hydrogen) atoms. The third-order valence-electron chi connectivity index (χ3n) is 0.167. The van der Waals surface area contributed by atoms with Crippen LogP contribution in [0.5, 0.6) is 0 Å². The van der Waals surface area contributed by atoms with E-state index in [2.05, 4.69) is 107 Å². The molecule has 0 nitrogen and oxygen atoms in total. The molecule has 0 atom stereocenters. The van der Waals surface area contributed by atoms with Gasteiger partial charge in [-0.25, -0.2) is 0 Å². The third-order valence-corrected chi connectivity index (χ3v) is 0.167. The van der Waals surface area contributed by atoms with Crippen LogP contribution in [0.15, 0.2) is 44.5 Å². The standard InChI is InChI=1S/C4H6.C3H6.C2H3.I3.I2.HI.Y/c1-3-4-2;1-3-2;1-2;1-3-2;1-2;;/h3-4H,1-2H2;3H,1H2,2H3;1H,2H2;;;1H;/q;;2*-1;;;. The van der Waals surface area contributed by atoms with Gasteiger partial charge in [-0.05, 0) is 6.92 Å². The van der Waals surface area contributed by atoms with Crippen molar-refractivity contribution in [2.45, 2.75) is 6.92 Å². The molecule has 0 unspecified atom stereocenters. The van der Waals surface area contributed by atoms with Crippen LogP contribution in [0.1, 0.15) is 6.92 Å². The van der Waals surface area contributed by atoms with Gasteiger partial charge in [0.1, 0.15) is 0 Å². The Labute approximate surface area is 197 Å². The molecule has 0 N–H and O–H groups in total. The van der Waals surface area contributed by atoms with Gasteiger partial charge in [0.25, 0.3) is 0 Å². The molecule has 0 aromatic heterocycles. The number of halogens is 6. The van der Waals surface area contributed by atoms with Gasteiger partial charge in [0.15, 0.2) is 0 Å². The van der Waals surface area contributed by atoms with Gasteiger partial charge >= 0.3 is 50.5 Å². The summed E-state index contributed by atoms with van der Waals surface area (Å²) in [6.07, 6.45) is 5.03. The summed E-state index contributed by atoms with van der Waals surface area (Å²) in [5.41, 5.74) is 0. The zero-order valence-corrected chi connectivity index (χ0v) is 25.0. The quantitative estimate of drug-likeness (QED) is 0.159. The van der Waals surface area contributed by atoms with Crippen LogP contribution in [0.25, 0.3) is 0 Å². The summed E-state index contributed by atoms with van der Waals surface area (Å²) < 4.78 is 0. The summed E-state index contributed by atoms with van der Waals surface area (Å²) in [5.74, 6) is 0. The second kappa shape index (κ2) is 92.8. The minimum Gasteiger partial charge on any atom is -0.521 e. The minimum atomic E-state index is 0. The second-order valence-corrected chi connectivity index (χ2v) is 17.2. The summed E-state index contributed by atoms with van der Waals surface area (Å²) in [6, 6.07) is 0. The number of hydrogen-bond acceptors (Lipinski definition) is 0. The molecule has 1 radical (unpaired) electrons. The topological polar surface area (TPSA) is 0 Å². The predicted octanol–water partition coefficient (Wildman–Crippen LogP) is 4.32. The second-order valence-electron chi connectivity index (χ2n) is 0.934. The van der Waals surface area contributed by atoms with Crippen LogP contribution in [0, 0.1) is 6.58 Å². The van der Waals surface area contributed by atoms with Crippen molar-refractivity contribution in [2.75, 3.05) is 0 Å². The van der Waals surface area contributed by atoms with Crippen LogP contribution in [0.2, 0.25) is 0 Å². The summed E-state index contributed by atoms with van der Waals surface area (Å²) >= 11 is 9.54. The fraction of sp³-hybridized carbons (Fsp3) is 0.111. The summed E-state index contributed by atoms with van der Waals surface area (Å²) in [5, 5.41) is 0. The molecule has 7 heteroatoms. The van der Waals surface area contributed by atoms with Crippen molar-refractivity contribution >= 4 is 98.4 Å². The van der Waals surface area contributed by atoms with Crippen molar-refractivity contribution in [1.82, 2.24) is 0 Å². The average molecular weight is 975 g/mol. The first-order chi connectivity index (χ1) is 6.74. The average Bonchev–Trinajstić information content (AvgIpc) is 2.26. The Kier molecular flexibility index (Phi) is 248. The Bertz CT molecular complexity index is 84.1. The maximum Gasteiger partial charge on any atom is 0 e. The molecule has 0 rings (SSSR count). The van der Waals surface area contributed by atoms with Crippen molar-refractivity contribution in [3.8, 4) is 0 Å². The summed E-state index contributed by atoms with van der Waals surface area (Å²) in [7, 11) is 0. The fourth-order valence-corrected chi connectivity index (χ4v) is 0. The van der Waals surface area contributed by atoms with E-state index in [1.54, 1.807) is 18.2 Å². The van der Waals surface area contributed by atoms with Crippen LogP contribution in [-0.2, 0) is 32.7 Å². The van der Waals surface area contributed by atoms with Crippen molar-refractivity contribution < 1.29 is 46.0 Å². The smallest absolute Gasteiger partial charge is 0 e. The monoisotopic (exact) mass is 974 g/mol. The summed E-state index contributed by atoms with van der Waals surface area (Å²) in [6.45, 7) is 19.0. The molecule has 0 spiro atoms. The van der Waals surface area contributed by atoms with Gasteiger partial charge in [-0.2, -0.15) is 0 Å². The van der Waals surface area contributed by atoms with E-state index in [-0.39, 0.29) is 56.7 Å². The van der Waals surface area contributed by atoms with Crippen LogP contribution in [0.4, 0.5) is 0 Å². The van der Waals surface area contributed by atoms with Gasteiger partial charge in [-0.15, -0.1) is 30.6 Å². The molecule has 0 aliphatic carbocycles. The largest absolute Gasteiger partial charge is 0.521 e. The Morgan fingerprint density at radius 2 is 1.06 bits per heavy atom. The first-order valence-electron chi connectivity index (χ1n) is 2.97. The van der Waals surface area contributed by atoms with Gasteiger partial charge in [0, 0.05) is 69.9 Å².